The standard InChI is InChI=1S/C10H17N5O2S.ClH/c1-14-10(7-12-13-14)18(16,17)15(8-2-3-8)9-4-5-11-6-9;/h7-9,11H,2-6H2,1H3;1H. The first kappa shape index (κ1) is 14.7. The number of nitrogens with one attached hydrogen (secondary N) is 1. The number of nitrogens with zero attached hydrogens (tertiary/aromatic N) is 4. The highest BCUT2D eigenvalue weighted by Crippen LogP contribution is 2.34. The Labute approximate surface area is 118 Å². The molecule has 1 aliphatic carbocycles. The molecule has 2 aliphatic rings. The van der Waals surface area contributed by atoms with Gasteiger partial charge in [0, 0.05) is 25.7 Å². The second-order valence-electron chi connectivity index (χ2n) is 4.91. The van der Waals surface area contributed by atoms with Crippen LogP contribution in [0.1, 0.15) is 19.3 Å². The van der Waals surface area contributed by atoms with E-state index in [9.17, 15) is 8.42 Å². The number of hydrogen-bond donors (Lipinski definition) is 1. The summed E-state index contributed by atoms with van der Waals surface area (Å²) in [5, 5.41) is 10.8. The zero-order valence-corrected chi connectivity index (χ0v) is 12.3. The zero-order valence-electron chi connectivity index (χ0n) is 10.7. The van der Waals surface area contributed by atoms with Gasteiger partial charge in [0.1, 0.15) is 0 Å². The van der Waals surface area contributed by atoms with Gasteiger partial charge in [-0.2, -0.15) is 4.31 Å². The van der Waals surface area contributed by atoms with Gasteiger partial charge in [-0.15, -0.1) is 17.5 Å². The molecule has 3 rings (SSSR count). The number of halogens is 1. The number of aromatic nitrogens is 3. The van der Waals surface area contributed by atoms with Crippen molar-refractivity contribution in [1.82, 2.24) is 24.6 Å². The Bertz CT molecular complexity index is 536. The van der Waals surface area contributed by atoms with E-state index in [1.807, 2.05) is 0 Å². The van der Waals surface area contributed by atoms with Crippen molar-refractivity contribution >= 4 is 22.4 Å². The van der Waals surface area contributed by atoms with E-state index in [0.717, 1.165) is 32.4 Å². The topological polar surface area (TPSA) is 80.1 Å². The van der Waals surface area contributed by atoms with Crippen LogP contribution in [0.2, 0.25) is 0 Å². The zero-order chi connectivity index (χ0) is 12.8. The molecular weight excluding hydrogens is 290 g/mol. The molecule has 9 heteroatoms. The van der Waals surface area contributed by atoms with E-state index >= 15 is 0 Å². The summed E-state index contributed by atoms with van der Waals surface area (Å²) in [6.45, 7) is 1.62. The average Bonchev–Trinajstić information content (AvgIpc) is 2.81. The van der Waals surface area contributed by atoms with E-state index in [0.29, 0.717) is 0 Å². The van der Waals surface area contributed by atoms with Crippen LogP contribution < -0.4 is 5.32 Å². The van der Waals surface area contributed by atoms with Crippen LogP contribution in [0.3, 0.4) is 0 Å². The van der Waals surface area contributed by atoms with E-state index in [2.05, 4.69) is 15.6 Å². The van der Waals surface area contributed by atoms with Gasteiger partial charge >= 0.3 is 0 Å². The smallest absolute Gasteiger partial charge is 0.262 e. The molecule has 1 saturated heterocycles. The Kier molecular flexibility index (Phi) is 4.14. The first-order chi connectivity index (χ1) is 8.60. The monoisotopic (exact) mass is 307 g/mol. The maximum atomic E-state index is 12.7. The van der Waals surface area contributed by atoms with Crippen LogP contribution in [0.25, 0.3) is 0 Å². The van der Waals surface area contributed by atoms with Crippen molar-refractivity contribution in [3.8, 4) is 0 Å². The quantitative estimate of drug-likeness (QED) is 0.830. The Balaban J connectivity index is 0.00000133. The first-order valence-electron chi connectivity index (χ1n) is 6.19. The van der Waals surface area contributed by atoms with E-state index in [4.69, 9.17) is 0 Å². The SMILES string of the molecule is Cl.Cn1nncc1S(=O)(=O)N(C1CC1)C1CCNC1. The summed E-state index contributed by atoms with van der Waals surface area (Å²) >= 11 is 0. The van der Waals surface area contributed by atoms with Gasteiger partial charge < -0.3 is 5.32 Å². The van der Waals surface area contributed by atoms with Gasteiger partial charge in [0.05, 0.1) is 6.20 Å². The molecule has 1 unspecified atom stereocenters. The van der Waals surface area contributed by atoms with Crippen LogP contribution in [-0.4, -0.2) is 52.9 Å². The molecule has 1 saturated carbocycles. The van der Waals surface area contributed by atoms with Crippen molar-refractivity contribution in [3.63, 3.8) is 0 Å². The van der Waals surface area contributed by atoms with Crippen LogP contribution >= 0.6 is 12.4 Å². The highest BCUT2D eigenvalue weighted by Gasteiger charge is 2.44. The van der Waals surface area contributed by atoms with Crippen molar-refractivity contribution in [2.24, 2.45) is 7.05 Å². The average molecular weight is 308 g/mol. The molecule has 0 spiro atoms. The molecule has 1 atom stereocenters. The fourth-order valence-electron chi connectivity index (χ4n) is 2.50. The van der Waals surface area contributed by atoms with Gasteiger partial charge in [-0.3, -0.25) is 0 Å². The van der Waals surface area contributed by atoms with Gasteiger partial charge in [-0.25, -0.2) is 13.1 Å². The molecule has 0 amide bonds. The molecule has 1 aliphatic heterocycles. The molecule has 7 nitrogen and oxygen atoms in total. The normalized spacial score (nSPS) is 23.6. The molecule has 1 aromatic rings. The lowest BCUT2D eigenvalue weighted by Gasteiger charge is -2.27. The van der Waals surface area contributed by atoms with Crippen LogP contribution in [-0.2, 0) is 17.1 Å². The third-order valence-electron chi connectivity index (χ3n) is 3.52. The summed E-state index contributed by atoms with van der Waals surface area (Å²) in [7, 11) is -1.87. The maximum absolute atomic E-state index is 12.7. The Morgan fingerprint density at radius 1 is 1.37 bits per heavy atom. The van der Waals surface area contributed by atoms with Gasteiger partial charge in [0.15, 0.2) is 5.03 Å². The summed E-state index contributed by atoms with van der Waals surface area (Å²) < 4.78 is 28.4. The Morgan fingerprint density at radius 3 is 2.58 bits per heavy atom. The number of hydrogen-bond acceptors (Lipinski definition) is 5. The predicted molar refractivity (Wildman–Crippen MR) is 71.6 cm³/mol. The lowest BCUT2D eigenvalue weighted by atomic mass is 10.2. The van der Waals surface area contributed by atoms with Gasteiger partial charge in [-0.1, -0.05) is 5.21 Å². The summed E-state index contributed by atoms with van der Waals surface area (Å²) in [5.41, 5.74) is 0. The second kappa shape index (κ2) is 5.35. The van der Waals surface area contributed by atoms with Crippen molar-refractivity contribution in [3.05, 3.63) is 6.20 Å². The van der Waals surface area contributed by atoms with Crippen LogP contribution in [0.5, 0.6) is 0 Å². The van der Waals surface area contributed by atoms with Crippen molar-refractivity contribution in [2.75, 3.05) is 13.1 Å². The molecule has 0 bridgehead atoms. The first-order valence-corrected chi connectivity index (χ1v) is 7.63. The van der Waals surface area contributed by atoms with E-state index < -0.39 is 10.0 Å². The van der Waals surface area contributed by atoms with E-state index in [1.165, 1.54) is 10.9 Å². The maximum Gasteiger partial charge on any atom is 0.262 e. The van der Waals surface area contributed by atoms with E-state index in [1.54, 1.807) is 11.4 Å². The van der Waals surface area contributed by atoms with Gasteiger partial charge in [-0.05, 0) is 25.8 Å². The third kappa shape index (κ3) is 2.62. The molecule has 0 aromatic carbocycles. The Hall–Kier alpha value is -0.700. The lowest BCUT2D eigenvalue weighted by molar-refractivity contribution is 0.324. The molecule has 1 aromatic heterocycles. The number of aryl methyl sites for hydroxylation is 1. The van der Waals surface area contributed by atoms with E-state index in [-0.39, 0.29) is 29.5 Å². The summed E-state index contributed by atoms with van der Waals surface area (Å²) in [6.07, 6.45) is 4.12. The molecular formula is C10H18ClN5O2S. The fraction of sp³-hybridized carbons (Fsp3) is 0.800. The molecule has 19 heavy (non-hydrogen) atoms. The van der Waals surface area contributed by atoms with Crippen LogP contribution in [0, 0.1) is 0 Å². The summed E-state index contributed by atoms with van der Waals surface area (Å²) in [5.74, 6) is 0. The van der Waals surface area contributed by atoms with Crippen LogP contribution in [0.15, 0.2) is 11.2 Å². The van der Waals surface area contributed by atoms with Crippen LogP contribution in [0.4, 0.5) is 0 Å². The lowest BCUT2D eigenvalue weighted by Crippen LogP contribution is -2.43. The Morgan fingerprint density at radius 2 is 2.11 bits per heavy atom. The molecule has 108 valence electrons. The molecule has 0 radical (unpaired) electrons. The largest absolute Gasteiger partial charge is 0.315 e. The molecule has 2 heterocycles. The highest BCUT2D eigenvalue weighted by molar-refractivity contribution is 7.89. The third-order valence-corrected chi connectivity index (χ3v) is 5.57. The highest BCUT2D eigenvalue weighted by atomic mass is 35.5. The molecule has 2 fully saturated rings. The van der Waals surface area contributed by atoms with Gasteiger partial charge in [0.25, 0.3) is 10.0 Å². The van der Waals surface area contributed by atoms with Gasteiger partial charge in [0.2, 0.25) is 0 Å². The second-order valence-corrected chi connectivity index (χ2v) is 6.70. The summed E-state index contributed by atoms with van der Waals surface area (Å²) in [4.78, 5) is 0. The minimum Gasteiger partial charge on any atom is -0.315 e. The predicted octanol–water partition coefficient (Wildman–Crippen LogP) is -0.248. The van der Waals surface area contributed by atoms with Crippen molar-refractivity contribution in [1.29, 1.82) is 0 Å². The van der Waals surface area contributed by atoms with Crippen molar-refractivity contribution in [2.45, 2.75) is 36.4 Å². The van der Waals surface area contributed by atoms with Crippen molar-refractivity contribution < 1.29 is 8.42 Å². The fourth-order valence-corrected chi connectivity index (χ4v) is 4.44. The minimum absolute atomic E-state index is 0. The number of rotatable bonds is 4. The molecule has 1 N–H and O–H groups in total. The summed E-state index contributed by atoms with van der Waals surface area (Å²) in [6, 6.07) is 0.229. The number of sulfonamides is 1. The minimum atomic E-state index is -3.48.